The van der Waals surface area contributed by atoms with Gasteiger partial charge in [0.05, 0.1) is 0 Å². The number of nitrogens with one attached hydrogen (secondary N) is 1. The quantitative estimate of drug-likeness (QED) is 0.832. The second-order valence-electron chi connectivity index (χ2n) is 5.49. The average Bonchev–Trinajstić information content (AvgIpc) is 2.23. The normalized spacial score (nSPS) is 13.5. The number of aromatic nitrogens is 2. The zero-order valence-electron chi connectivity index (χ0n) is 11.3. The van der Waals surface area contributed by atoms with Gasteiger partial charge in [-0.1, -0.05) is 46.2 Å². The van der Waals surface area contributed by atoms with Gasteiger partial charge in [0.1, 0.15) is 16.8 Å². The fourth-order valence-corrected chi connectivity index (χ4v) is 1.48. The lowest BCUT2D eigenvalue weighted by molar-refractivity contribution is 0.274. The average molecular weight is 256 g/mol. The summed E-state index contributed by atoms with van der Waals surface area (Å²) in [6.07, 6.45) is 0.796. The van der Waals surface area contributed by atoms with Crippen molar-refractivity contribution in [1.82, 2.24) is 9.97 Å². The van der Waals surface area contributed by atoms with Crippen LogP contribution in [0.4, 0.5) is 5.82 Å². The van der Waals surface area contributed by atoms with Crippen molar-refractivity contribution < 1.29 is 0 Å². The van der Waals surface area contributed by atoms with Crippen molar-refractivity contribution in [2.75, 3.05) is 11.9 Å². The number of hydrogen-bond donors (Lipinski definition) is 1. The number of aryl methyl sites for hydroxylation is 1. The van der Waals surface area contributed by atoms with Crippen LogP contribution >= 0.6 is 11.6 Å². The molecular formula is C13H22ClN3. The molecule has 0 saturated heterocycles. The summed E-state index contributed by atoms with van der Waals surface area (Å²) in [6, 6.07) is 1.77. The molecule has 4 heteroatoms. The molecule has 0 amide bonds. The van der Waals surface area contributed by atoms with Gasteiger partial charge in [-0.05, 0) is 11.3 Å². The van der Waals surface area contributed by atoms with Crippen LogP contribution in [0.15, 0.2) is 6.07 Å². The van der Waals surface area contributed by atoms with Gasteiger partial charge in [0, 0.05) is 19.0 Å². The third kappa shape index (κ3) is 4.50. The van der Waals surface area contributed by atoms with Crippen molar-refractivity contribution in [2.45, 2.75) is 41.0 Å². The largest absolute Gasteiger partial charge is 0.370 e. The lowest BCUT2D eigenvalue weighted by Gasteiger charge is -2.27. The van der Waals surface area contributed by atoms with E-state index < -0.39 is 0 Å². The zero-order valence-corrected chi connectivity index (χ0v) is 12.1. The highest BCUT2D eigenvalue weighted by Crippen LogP contribution is 2.25. The van der Waals surface area contributed by atoms with Gasteiger partial charge < -0.3 is 5.32 Å². The van der Waals surface area contributed by atoms with E-state index in [9.17, 15) is 0 Å². The first-order chi connectivity index (χ1) is 7.82. The maximum absolute atomic E-state index is 5.94. The minimum atomic E-state index is 0.289. The predicted octanol–water partition coefficient (Wildman–Crippen LogP) is 3.79. The molecule has 1 atom stereocenters. The molecule has 0 bridgehead atoms. The molecule has 1 aromatic rings. The molecular weight excluding hydrogens is 234 g/mol. The van der Waals surface area contributed by atoms with Gasteiger partial charge in [-0.15, -0.1) is 0 Å². The Hall–Kier alpha value is -0.830. The van der Waals surface area contributed by atoms with Crippen molar-refractivity contribution in [3.63, 3.8) is 0 Å². The standard InChI is InChI=1S/C13H22ClN3/c1-6-11-16-10(14)7-12(17-11)15-8-9(2)13(3,4)5/h7,9H,6,8H2,1-5H3,(H,15,16,17). The van der Waals surface area contributed by atoms with Gasteiger partial charge in [-0.25, -0.2) is 9.97 Å². The summed E-state index contributed by atoms with van der Waals surface area (Å²) in [4.78, 5) is 8.54. The van der Waals surface area contributed by atoms with E-state index in [1.807, 2.05) is 6.92 Å². The SMILES string of the molecule is CCc1nc(Cl)cc(NCC(C)C(C)(C)C)n1. The molecule has 96 valence electrons. The highest BCUT2D eigenvalue weighted by atomic mass is 35.5. The first-order valence-corrected chi connectivity index (χ1v) is 6.48. The Bertz CT molecular complexity index is 371. The molecule has 0 aliphatic rings. The van der Waals surface area contributed by atoms with E-state index in [-0.39, 0.29) is 5.41 Å². The number of rotatable bonds is 4. The number of anilines is 1. The van der Waals surface area contributed by atoms with Crippen LogP contribution in [0.2, 0.25) is 5.15 Å². The Morgan fingerprint density at radius 2 is 2.00 bits per heavy atom. The van der Waals surface area contributed by atoms with Crippen LogP contribution in [0.1, 0.15) is 40.4 Å². The monoisotopic (exact) mass is 255 g/mol. The van der Waals surface area contributed by atoms with E-state index in [1.165, 1.54) is 0 Å². The van der Waals surface area contributed by atoms with Crippen molar-refractivity contribution in [1.29, 1.82) is 0 Å². The molecule has 17 heavy (non-hydrogen) atoms. The Labute approximate surface area is 109 Å². The summed E-state index contributed by atoms with van der Waals surface area (Å²) < 4.78 is 0. The van der Waals surface area contributed by atoms with Crippen molar-refractivity contribution in [3.05, 3.63) is 17.0 Å². The first-order valence-electron chi connectivity index (χ1n) is 6.10. The molecule has 1 rings (SSSR count). The molecule has 0 fully saturated rings. The third-order valence-corrected chi connectivity index (χ3v) is 3.32. The maximum Gasteiger partial charge on any atom is 0.134 e. The molecule has 1 aromatic heterocycles. The van der Waals surface area contributed by atoms with E-state index in [2.05, 4.69) is 43.0 Å². The Balaban J connectivity index is 2.66. The van der Waals surface area contributed by atoms with E-state index >= 15 is 0 Å². The topological polar surface area (TPSA) is 37.8 Å². The summed E-state index contributed by atoms with van der Waals surface area (Å²) in [5.41, 5.74) is 0.289. The second kappa shape index (κ2) is 5.67. The molecule has 1 heterocycles. The highest BCUT2D eigenvalue weighted by molar-refractivity contribution is 6.29. The lowest BCUT2D eigenvalue weighted by Crippen LogP contribution is -2.25. The van der Waals surface area contributed by atoms with Gasteiger partial charge in [-0.2, -0.15) is 0 Å². The molecule has 1 unspecified atom stereocenters. The molecule has 0 saturated carbocycles. The third-order valence-electron chi connectivity index (χ3n) is 3.13. The first kappa shape index (κ1) is 14.2. The minimum absolute atomic E-state index is 0.289. The van der Waals surface area contributed by atoms with Crippen LogP contribution in [0.5, 0.6) is 0 Å². The zero-order chi connectivity index (χ0) is 13.1. The molecule has 1 N–H and O–H groups in total. The summed E-state index contributed by atoms with van der Waals surface area (Å²) >= 11 is 5.94. The summed E-state index contributed by atoms with van der Waals surface area (Å²) in [7, 11) is 0. The van der Waals surface area contributed by atoms with Gasteiger partial charge in [0.15, 0.2) is 0 Å². The molecule has 3 nitrogen and oxygen atoms in total. The molecule has 0 radical (unpaired) electrons. The minimum Gasteiger partial charge on any atom is -0.370 e. The Morgan fingerprint density at radius 1 is 1.35 bits per heavy atom. The number of hydrogen-bond acceptors (Lipinski definition) is 3. The van der Waals surface area contributed by atoms with Crippen LogP contribution < -0.4 is 5.32 Å². The van der Waals surface area contributed by atoms with Crippen LogP contribution in [-0.2, 0) is 6.42 Å². The van der Waals surface area contributed by atoms with E-state index in [1.54, 1.807) is 6.07 Å². The lowest BCUT2D eigenvalue weighted by atomic mass is 9.82. The van der Waals surface area contributed by atoms with Crippen molar-refractivity contribution in [3.8, 4) is 0 Å². The Morgan fingerprint density at radius 3 is 2.53 bits per heavy atom. The van der Waals surface area contributed by atoms with E-state index in [4.69, 9.17) is 11.6 Å². The van der Waals surface area contributed by atoms with E-state index in [0.717, 1.165) is 24.6 Å². The maximum atomic E-state index is 5.94. The highest BCUT2D eigenvalue weighted by Gasteiger charge is 2.19. The molecule has 0 aliphatic carbocycles. The van der Waals surface area contributed by atoms with Crippen LogP contribution in [-0.4, -0.2) is 16.5 Å². The molecule has 0 spiro atoms. The van der Waals surface area contributed by atoms with Gasteiger partial charge in [0.25, 0.3) is 0 Å². The fourth-order valence-electron chi connectivity index (χ4n) is 1.28. The molecule has 0 aliphatic heterocycles. The van der Waals surface area contributed by atoms with Gasteiger partial charge >= 0.3 is 0 Å². The second-order valence-corrected chi connectivity index (χ2v) is 5.88. The number of halogens is 1. The van der Waals surface area contributed by atoms with Gasteiger partial charge in [0.2, 0.25) is 0 Å². The summed E-state index contributed by atoms with van der Waals surface area (Å²) in [6.45, 7) is 11.9. The van der Waals surface area contributed by atoms with E-state index in [0.29, 0.717) is 11.1 Å². The fraction of sp³-hybridized carbons (Fsp3) is 0.692. The van der Waals surface area contributed by atoms with Crippen molar-refractivity contribution >= 4 is 17.4 Å². The summed E-state index contributed by atoms with van der Waals surface area (Å²) in [5.74, 6) is 2.16. The van der Waals surface area contributed by atoms with Crippen LogP contribution in [0, 0.1) is 11.3 Å². The Kier molecular flexibility index (Phi) is 4.75. The summed E-state index contributed by atoms with van der Waals surface area (Å²) in [5, 5.41) is 3.83. The van der Waals surface area contributed by atoms with Crippen molar-refractivity contribution in [2.24, 2.45) is 11.3 Å². The van der Waals surface area contributed by atoms with Crippen LogP contribution in [0.25, 0.3) is 0 Å². The van der Waals surface area contributed by atoms with Gasteiger partial charge in [-0.3, -0.25) is 0 Å². The predicted molar refractivity (Wildman–Crippen MR) is 73.5 cm³/mol. The number of nitrogens with zero attached hydrogens (tertiary/aromatic N) is 2. The van der Waals surface area contributed by atoms with Crippen LogP contribution in [0.3, 0.4) is 0 Å². The smallest absolute Gasteiger partial charge is 0.134 e. The molecule has 0 aromatic carbocycles.